The summed E-state index contributed by atoms with van der Waals surface area (Å²) in [5.74, 6) is -0.862. The molecule has 1 saturated heterocycles. The van der Waals surface area contributed by atoms with Crippen molar-refractivity contribution in [3.63, 3.8) is 0 Å². The third-order valence-corrected chi connectivity index (χ3v) is 4.94. The Balaban J connectivity index is 2.22. The molecule has 0 spiro atoms. The predicted molar refractivity (Wildman–Crippen MR) is 91.2 cm³/mol. The van der Waals surface area contributed by atoms with Gasteiger partial charge in [0.25, 0.3) is 0 Å². The lowest BCUT2D eigenvalue weighted by atomic mass is 9.90. The number of aliphatic carboxylic acids is 1. The van der Waals surface area contributed by atoms with E-state index in [9.17, 15) is 14.7 Å². The maximum absolute atomic E-state index is 12.6. The molecule has 1 fully saturated rings. The van der Waals surface area contributed by atoms with Gasteiger partial charge in [-0.1, -0.05) is 31.5 Å². The number of urea groups is 1. The zero-order valence-corrected chi connectivity index (χ0v) is 14.5. The summed E-state index contributed by atoms with van der Waals surface area (Å²) in [5.41, 5.74) is 1.84. The molecule has 1 aliphatic heterocycles. The molecule has 1 aromatic rings. The van der Waals surface area contributed by atoms with Crippen LogP contribution in [0.4, 0.5) is 10.5 Å². The molecule has 2 amide bonds. The average Bonchev–Trinajstić information content (AvgIpc) is 2.92. The van der Waals surface area contributed by atoms with Gasteiger partial charge in [-0.25, -0.2) is 4.79 Å². The minimum atomic E-state index is -0.868. The molecule has 0 aromatic heterocycles. The number of carbonyl (C=O) groups is 2. The van der Waals surface area contributed by atoms with Gasteiger partial charge in [-0.2, -0.15) is 0 Å². The lowest BCUT2D eigenvalue weighted by Crippen LogP contribution is -2.37. The molecular weight excluding hydrogens is 316 g/mol. The fourth-order valence-corrected chi connectivity index (χ4v) is 3.25. The zero-order chi connectivity index (χ0) is 17.2. The van der Waals surface area contributed by atoms with Crippen molar-refractivity contribution >= 4 is 29.3 Å². The molecule has 0 aliphatic carbocycles. The molecule has 1 unspecified atom stereocenters. The van der Waals surface area contributed by atoms with Crippen molar-refractivity contribution in [2.45, 2.75) is 40.0 Å². The Bertz CT molecular complexity index is 633. The molecule has 0 bridgehead atoms. The average molecular weight is 339 g/mol. The van der Waals surface area contributed by atoms with Crippen molar-refractivity contribution < 1.29 is 14.7 Å². The van der Waals surface area contributed by atoms with Crippen LogP contribution >= 0.6 is 11.6 Å². The van der Waals surface area contributed by atoms with E-state index in [2.05, 4.69) is 5.32 Å². The normalized spacial score (nSPS) is 20.6. The van der Waals surface area contributed by atoms with Gasteiger partial charge in [0.05, 0.1) is 11.1 Å². The first-order valence-electron chi connectivity index (χ1n) is 7.92. The molecule has 2 N–H and O–H groups in total. The van der Waals surface area contributed by atoms with E-state index in [0.29, 0.717) is 18.0 Å². The minimum Gasteiger partial charge on any atom is -0.481 e. The number of halogens is 1. The number of anilines is 1. The Morgan fingerprint density at radius 2 is 2.04 bits per heavy atom. The number of likely N-dealkylation sites (tertiary alicyclic amines) is 1. The van der Waals surface area contributed by atoms with Gasteiger partial charge in [-0.3, -0.25) is 4.79 Å². The first-order chi connectivity index (χ1) is 10.8. The van der Waals surface area contributed by atoms with E-state index in [4.69, 9.17) is 11.6 Å². The van der Waals surface area contributed by atoms with Crippen LogP contribution in [-0.2, 0) is 17.6 Å². The summed E-state index contributed by atoms with van der Waals surface area (Å²) in [6.07, 6.45) is 1.97. The topological polar surface area (TPSA) is 69.6 Å². The van der Waals surface area contributed by atoms with E-state index in [-0.39, 0.29) is 12.6 Å². The number of aryl methyl sites for hydroxylation is 1. The Labute approximate surface area is 141 Å². The molecule has 1 atom stereocenters. The second-order valence-electron chi connectivity index (χ2n) is 6.23. The van der Waals surface area contributed by atoms with Crippen LogP contribution in [0.15, 0.2) is 12.1 Å². The van der Waals surface area contributed by atoms with Crippen LogP contribution in [0.2, 0.25) is 5.02 Å². The van der Waals surface area contributed by atoms with Gasteiger partial charge in [0, 0.05) is 18.1 Å². The summed E-state index contributed by atoms with van der Waals surface area (Å²) >= 11 is 6.25. The zero-order valence-electron chi connectivity index (χ0n) is 13.8. The summed E-state index contributed by atoms with van der Waals surface area (Å²) in [6.45, 7) is 6.36. The largest absolute Gasteiger partial charge is 0.481 e. The van der Waals surface area contributed by atoms with Gasteiger partial charge >= 0.3 is 12.0 Å². The fourth-order valence-electron chi connectivity index (χ4n) is 2.96. The second-order valence-corrected chi connectivity index (χ2v) is 6.64. The summed E-state index contributed by atoms with van der Waals surface area (Å²) in [7, 11) is 0. The van der Waals surface area contributed by atoms with Crippen molar-refractivity contribution in [2.24, 2.45) is 5.41 Å². The first-order valence-corrected chi connectivity index (χ1v) is 8.29. The predicted octanol–water partition coefficient (Wildman–Crippen LogP) is 3.79. The van der Waals surface area contributed by atoms with E-state index in [1.807, 2.05) is 26.0 Å². The fraction of sp³-hybridized carbons (Fsp3) is 0.529. The molecule has 1 aliphatic rings. The SMILES string of the molecule is CCc1ccc(Cl)c(CC)c1NC(=O)N1CCC(C)(C(=O)O)C1. The Morgan fingerprint density at radius 3 is 2.57 bits per heavy atom. The van der Waals surface area contributed by atoms with Gasteiger partial charge in [0.2, 0.25) is 0 Å². The van der Waals surface area contributed by atoms with E-state index in [0.717, 1.165) is 29.7 Å². The highest BCUT2D eigenvalue weighted by Gasteiger charge is 2.42. The number of nitrogens with one attached hydrogen (secondary N) is 1. The van der Waals surface area contributed by atoms with Crippen LogP contribution < -0.4 is 5.32 Å². The number of amides is 2. The molecule has 1 aromatic carbocycles. The van der Waals surface area contributed by atoms with Gasteiger partial charge in [-0.05, 0) is 43.4 Å². The van der Waals surface area contributed by atoms with Crippen molar-refractivity contribution in [1.29, 1.82) is 0 Å². The minimum absolute atomic E-state index is 0.220. The standard InChI is InChI=1S/C17H23ClN2O3/c1-4-11-6-7-13(18)12(5-2)14(11)19-16(23)20-9-8-17(3,10-20)15(21)22/h6-7H,4-5,8-10H2,1-3H3,(H,19,23)(H,21,22). The van der Waals surface area contributed by atoms with Gasteiger partial charge in [0.1, 0.15) is 0 Å². The number of nitrogens with zero attached hydrogens (tertiary/aromatic N) is 1. The molecular formula is C17H23ClN2O3. The summed E-state index contributed by atoms with van der Waals surface area (Å²) in [5, 5.41) is 12.9. The molecule has 2 rings (SSSR count). The smallest absolute Gasteiger partial charge is 0.321 e. The monoisotopic (exact) mass is 338 g/mol. The van der Waals surface area contributed by atoms with E-state index >= 15 is 0 Å². The number of carboxylic acid groups (broad SMARTS) is 1. The molecule has 0 radical (unpaired) electrons. The van der Waals surface area contributed by atoms with Crippen molar-refractivity contribution in [3.05, 3.63) is 28.3 Å². The van der Waals surface area contributed by atoms with Crippen LogP contribution in [0, 0.1) is 5.41 Å². The van der Waals surface area contributed by atoms with Crippen molar-refractivity contribution in [1.82, 2.24) is 4.90 Å². The highest BCUT2D eigenvalue weighted by molar-refractivity contribution is 6.32. The third kappa shape index (κ3) is 3.44. The van der Waals surface area contributed by atoms with E-state index in [1.165, 1.54) is 0 Å². The van der Waals surface area contributed by atoms with Crippen molar-refractivity contribution in [3.8, 4) is 0 Å². The molecule has 6 heteroatoms. The van der Waals surface area contributed by atoms with E-state index in [1.54, 1.807) is 11.8 Å². The number of hydrogen-bond acceptors (Lipinski definition) is 2. The summed E-state index contributed by atoms with van der Waals surface area (Å²) in [6, 6.07) is 3.51. The highest BCUT2D eigenvalue weighted by atomic mass is 35.5. The Hall–Kier alpha value is -1.75. The van der Waals surface area contributed by atoms with Gasteiger partial charge in [-0.15, -0.1) is 0 Å². The highest BCUT2D eigenvalue weighted by Crippen LogP contribution is 2.33. The molecule has 1 heterocycles. The van der Waals surface area contributed by atoms with E-state index < -0.39 is 11.4 Å². The van der Waals surface area contributed by atoms with Crippen LogP contribution in [0.3, 0.4) is 0 Å². The lowest BCUT2D eigenvalue weighted by Gasteiger charge is -2.22. The number of carboxylic acids is 1. The van der Waals surface area contributed by atoms with Crippen LogP contribution in [0.5, 0.6) is 0 Å². The van der Waals surface area contributed by atoms with Crippen molar-refractivity contribution in [2.75, 3.05) is 18.4 Å². The number of benzene rings is 1. The molecule has 23 heavy (non-hydrogen) atoms. The number of hydrogen-bond donors (Lipinski definition) is 2. The Morgan fingerprint density at radius 1 is 1.35 bits per heavy atom. The number of rotatable bonds is 4. The molecule has 126 valence electrons. The Kier molecular flexibility index (Phi) is 5.19. The second kappa shape index (κ2) is 6.79. The first kappa shape index (κ1) is 17.6. The van der Waals surface area contributed by atoms with Crippen LogP contribution in [0.25, 0.3) is 0 Å². The maximum atomic E-state index is 12.6. The maximum Gasteiger partial charge on any atom is 0.321 e. The van der Waals surface area contributed by atoms with Crippen LogP contribution in [-0.4, -0.2) is 35.1 Å². The van der Waals surface area contributed by atoms with Gasteiger partial charge < -0.3 is 15.3 Å². The molecule has 5 nitrogen and oxygen atoms in total. The third-order valence-electron chi connectivity index (χ3n) is 4.59. The van der Waals surface area contributed by atoms with Gasteiger partial charge in [0.15, 0.2) is 0 Å². The quantitative estimate of drug-likeness (QED) is 0.877. The van der Waals surface area contributed by atoms with Crippen LogP contribution in [0.1, 0.15) is 38.3 Å². The lowest BCUT2D eigenvalue weighted by molar-refractivity contribution is -0.146. The summed E-state index contributed by atoms with van der Waals surface area (Å²) in [4.78, 5) is 25.4. The summed E-state index contributed by atoms with van der Waals surface area (Å²) < 4.78 is 0. The molecule has 0 saturated carbocycles. The number of carbonyl (C=O) groups excluding carboxylic acids is 1.